The number of aliphatic hydroxyl groups excluding tert-OH is 1. The second kappa shape index (κ2) is 8.77. The van der Waals surface area contributed by atoms with Gasteiger partial charge < -0.3 is 9.84 Å². The second-order valence-electron chi connectivity index (χ2n) is 6.74. The minimum Gasteiger partial charge on any atom is -0.389 e. The average Bonchev–Trinajstić information content (AvgIpc) is 3.31. The molecule has 0 radical (unpaired) electrons. The third-order valence-corrected chi connectivity index (χ3v) is 5.54. The summed E-state index contributed by atoms with van der Waals surface area (Å²) in [6.45, 7) is 4.82. The monoisotopic (exact) mass is 345 g/mol. The van der Waals surface area contributed by atoms with Crippen LogP contribution in [0.2, 0.25) is 0 Å². The van der Waals surface area contributed by atoms with E-state index in [2.05, 4.69) is 42.2 Å². The molecule has 1 aromatic carbocycles. The molecular formula is C20H27NO2S. The molecule has 1 aromatic heterocycles. The Bertz CT molecular complexity index is 583. The largest absolute Gasteiger partial charge is 0.389 e. The molecular weight excluding hydrogens is 318 g/mol. The third-order valence-electron chi connectivity index (χ3n) is 4.69. The maximum Gasteiger partial charge on any atom is 0.0900 e. The molecule has 0 bridgehead atoms. The van der Waals surface area contributed by atoms with Crippen LogP contribution in [-0.2, 0) is 17.9 Å². The van der Waals surface area contributed by atoms with E-state index in [0.29, 0.717) is 25.8 Å². The van der Waals surface area contributed by atoms with Gasteiger partial charge in [-0.05, 0) is 42.7 Å². The molecule has 0 unspecified atom stereocenters. The summed E-state index contributed by atoms with van der Waals surface area (Å²) in [7, 11) is 0. The van der Waals surface area contributed by atoms with Gasteiger partial charge in [-0.1, -0.05) is 36.4 Å². The van der Waals surface area contributed by atoms with Crippen LogP contribution in [0.25, 0.3) is 0 Å². The summed E-state index contributed by atoms with van der Waals surface area (Å²) in [5, 5.41) is 12.5. The Balaban J connectivity index is 1.50. The number of ether oxygens (including phenoxy) is 1. The lowest BCUT2D eigenvalue weighted by atomic mass is 10.1. The predicted octanol–water partition coefficient (Wildman–Crippen LogP) is 3.93. The van der Waals surface area contributed by atoms with E-state index in [-0.39, 0.29) is 0 Å². The molecule has 1 heterocycles. The van der Waals surface area contributed by atoms with Gasteiger partial charge in [0.25, 0.3) is 0 Å². The molecule has 3 nitrogen and oxygen atoms in total. The Morgan fingerprint density at radius 3 is 2.67 bits per heavy atom. The van der Waals surface area contributed by atoms with Crippen molar-refractivity contribution >= 4 is 11.3 Å². The van der Waals surface area contributed by atoms with Crippen LogP contribution in [0.5, 0.6) is 0 Å². The van der Waals surface area contributed by atoms with Crippen molar-refractivity contribution < 1.29 is 9.84 Å². The summed E-state index contributed by atoms with van der Waals surface area (Å²) in [6, 6.07) is 15.1. The summed E-state index contributed by atoms with van der Waals surface area (Å²) in [5.74, 6) is 0.785. The quantitative estimate of drug-likeness (QED) is 0.708. The molecule has 0 aliphatic heterocycles. The van der Waals surface area contributed by atoms with Crippen LogP contribution in [0.4, 0.5) is 0 Å². The van der Waals surface area contributed by atoms with Crippen LogP contribution >= 0.6 is 11.3 Å². The minimum atomic E-state index is -0.449. The summed E-state index contributed by atoms with van der Waals surface area (Å²) in [4.78, 5) is 3.61. The van der Waals surface area contributed by atoms with Crippen LogP contribution in [0, 0.1) is 5.92 Å². The standard InChI is InChI=1S/C20H27NO2S/c1-16(18-9-10-18)21(12-17-6-3-2-4-7-17)13-19(22)14-23-15-20-8-5-11-24-20/h2-8,11,16,18-19,22H,9-10,12-15H2,1H3/t16-,19+/m0/s1. The fraction of sp³-hybridized carbons (Fsp3) is 0.500. The fourth-order valence-corrected chi connectivity index (χ4v) is 3.72. The predicted molar refractivity (Wildman–Crippen MR) is 99.0 cm³/mol. The van der Waals surface area contributed by atoms with Crippen molar-refractivity contribution in [3.8, 4) is 0 Å². The summed E-state index contributed by atoms with van der Waals surface area (Å²) in [5.41, 5.74) is 1.30. The van der Waals surface area contributed by atoms with E-state index in [9.17, 15) is 5.11 Å². The Kier molecular flexibility index (Phi) is 6.44. The number of nitrogens with zero attached hydrogens (tertiary/aromatic N) is 1. The van der Waals surface area contributed by atoms with Crippen LogP contribution in [0.15, 0.2) is 47.8 Å². The molecule has 4 heteroatoms. The number of aliphatic hydroxyl groups is 1. The molecule has 2 atom stereocenters. The molecule has 1 aliphatic rings. The smallest absolute Gasteiger partial charge is 0.0900 e. The zero-order valence-electron chi connectivity index (χ0n) is 14.3. The van der Waals surface area contributed by atoms with Gasteiger partial charge in [-0.3, -0.25) is 4.90 Å². The highest BCUT2D eigenvalue weighted by atomic mass is 32.1. The number of hydrogen-bond donors (Lipinski definition) is 1. The number of thiophene rings is 1. The SMILES string of the molecule is C[C@@H](C1CC1)N(Cc1ccccc1)C[C@@H](O)COCc1cccs1. The van der Waals surface area contributed by atoms with Crippen molar-refractivity contribution in [1.29, 1.82) is 0 Å². The van der Waals surface area contributed by atoms with Gasteiger partial charge in [-0.15, -0.1) is 11.3 Å². The summed E-state index contributed by atoms with van der Waals surface area (Å²) in [6.07, 6.45) is 2.18. The van der Waals surface area contributed by atoms with E-state index < -0.39 is 6.10 Å². The first kappa shape index (κ1) is 17.6. The van der Waals surface area contributed by atoms with Crippen LogP contribution in [0.3, 0.4) is 0 Å². The van der Waals surface area contributed by atoms with E-state index in [1.165, 1.54) is 23.3 Å². The lowest BCUT2D eigenvalue weighted by Crippen LogP contribution is -2.41. The molecule has 1 fully saturated rings. The third kappa shape index (κ3) is 5.42. The maximum atomic E-state index is 10.4. The fourth-order valence-electron chi connectivity index (χ4n) is 3.08. The van der Waals surface area contributed by atoms with E-state index in [1.54, 1.807) is 11.3 Å². The zero-order valence-corrected chi connectivity index (χ0v) is 15.1. The van der Waals surface area contributed by atoms with Crippen LogP contribution in [-0.4, -0.2) is 35.3 Å². The number of benzene rings is 1. The normalized spacial score (nSPS) is 17.1. The number of rotatable bonds is 10. The Labute approximate surface area is 148 Å². The van der Waals surface area contributed by atoms with Gasteiger partial charge in [0.2, 0.25) is 0 Å². The van der Waals surface area contributed by atoms with Crippen molar-refractivity contribution in [1.82, 2.24) is 4.90 Å². The summed E-state index contributed by atoms with van der Waals surface area (Å²) < 4.78 is 5.68. The molecule has 0 saturated heterocycles. The van der Waals surface area contributed by atoms with E-state index in [1.807, 2.05) is 17.5 Å². The first-order valence-corrected chi connectivity index (χ1v) is 9.66. The first-order valence-electron chi connectivity index (χ1n) is 8.78. The van der Waals surface area contributed by atoms with Gasteiger partial charge in [0.15, 0.2) is 0 Å². The second-order valence-corrected chi connectivity index (χ2v) is 7.77. The van der Waals surface area contributed by atoms with Crippen molar-refractivity contribution in [2.24, 2.45) is 5.92 Å². The maximum absolute atomic E-state index is 10.4. The van der Waals surface area contributed by atoms with Crippen molar-refractivity contribution in [3.05, 3.63) is 58.3 Å². The first-order chi connectivity index (χ1) is 11.7. The lowest BCUT2D eigenvalue weighted by molar-refractivity contribution is 0.000544. The Hall–Kier alpha value is -1.20. The van der Waals surface area contributed by atoms with Gasteiger partial charge in [0.05, 0.1) is 19.3 Å². The highest BCUT2D eigenvalue weighted by Crippen LogP contribution is 2.35. The van der Waals surface area contributed by atoms with Gasteiger partial charge in [0, 0.05) is 24.0 Å². The van der Waals surface area contributed by atoms with Crippen molar-refractivity contribution in [2.75, 3.05) is 13.2 Å². The molecule has 1 saturated carbocycles. The molecule has 2 aromatic rings. The molecule has 130 valence electrons. The van der Waals surface area contributed by atoms with E-state index in [4.69, 9.17) is 4.74 Å². The molecule has 24 heavy (non-hydrogen) atoms. The zero-order chi connectivity index (χ0) is 16.8. The minimum absolute atomic E-state index is 0.389. The van der Waals surface area contributed by atoms with Gasteiger partial charge in [-0.2, -0.15) is 0 Å². The highest BCUT2D eigenvalue weighted by Gasteiger charge is 2.32. The molecule has 1 aliphatic carbocycles. The van der Waals surface area contributed by atoms with Gasteiger partial charge >= 0.3 is 0 Å². The molecule has 3 rings (SSSR count). The van der Waals surface area contributed by atoms with Gasteiger partial charge in [-0.25, -0.2) is 0 Å². The topological polar surface area (TPSA) is 32.7 Å². The van der Waals surface area contributed by atoms with Crippen LogP contribution < -0.4 is 0 Å². The highest BCUT2D eigenvalue weighted by molar-refractivity contribution is 7.09. The Morgan fingerprint density at radius 2 is 2.00 bits per heavy atom. The molecule has 0 spiro atoms. The van der Waals surface area contributed by atoms with Crippen molar-refractivity contribution in [3.63, 3.8) is 0 Å². The Morgan fingerprint density at radius 1 is 1.21 bits per heavy atom. The van der Waals surface area contributed by atoms with E-state index in [0.717, 1.165) is 12.5 Å². The molecule has 1 N–H and O–H groups in total. The van der Waals surface area contributed by atoms with Gasteiger partial charge in [0.1, 0.15) is 0 Å². The number of hydrogen-bond acceptors (Lipinski definition) is 4. The van der Waals surface area contributed by atoms with Crippen molar-refractivity contribution in [2.45, 2.75) is 45.1 Å². The summed E-state index contributed by atoms with van der Waals surface area (Å²) >= 11 is 1.69. The van der Waals surface area contributed by atoms with E-state index >= 15 is 0 Å². The lowest BCUT2D eigenvalue weighted by Gasteiger charge is -2.31. The van der Waals surface area contributed by atoms with Crippen LogP contribution in [0.1, 0.15) is 30.2 Å². The average molecular weight is 346 g/mol. The molecule has 0 amide bonds.